The summed E-state index contributed by atoms with van der Waals surface area (Å²) < 4.78 is 0. The SMILES string of the molecule is C[C@H](N)C(=O)N[C@H](C=CC(=O)N[C@@H]1CC[C@H](O)C1)CCc1ccccc1.O=CO. The summed E-state index contributed by atoms with van der Waals surface area (Å²) in [5.74, 6) is -0.448. The molecule has 1 aliphatic rings. The van der Waals surface area contributed by atoms with Crippen LogP contribution in [-0.2, 0) is 20.8 Å². The Labute approximate surface area is 171 Å². The zero-order valence-electron chi connectivity index (χ0n) is 16.7. The molecule has 4 atom stereocenters. The molecular weight excluding hydrogens is 374 g/mol. The van der Waals surface area contributed by atoms with E-state index < -0.39 is 6.04 Å². The Hall–Kier alpha value is -2.71. The van der Waals surface area contributed by atoms with Gasteiger partial charge in [0.1, 0.15) is 0 Å². The minimum atomic E-state index is -0.601. The quantitative estimate of drug-likeness (QED) is 0.319. The van der Waals surface area contributed by atoms with Crippen molar-refractivity contribution in [1.29, 1.82) is 0 Å². The van der Waals surface area contributed by atoms with Crippen LogP contribution in [0.1, 0.15) is 38.2 Å². The van der Waals surface area contributed by atoms with E-state index in [0.717, 1.165) is 19.3 Å². The van der Waals surface area contributed by atoms with Crippen molar-refractivity contribution in [3.05, 3.63) is 48.0 Å². The number of nitrogens with one attached hydrogen (secondary N) is 2. The fraction of sp³-hybridized carbons (Fsp3) is 0.476. The highest BCUT2D eigenvalue weighted by molar-refractivity contribution is 5.88. The smallest absolute Gasteiger partial charge is 0.290 e. The molecule has 0 unspecified atom stereocenters. The second kappa shape index (κ2) is 13.5. The molecule has 2 rings (SSSR count). The molecule has 8 heteroatoms. The average Bonchev–Trinajstić information content (AvgIpc) is 3.09. The van der Waals surface area contributed by atoms with Gasteiger partial charge >= 0.3 is 0 Å². The van der Waals surface area contributed by atoms with Gasteiger partial charge in [0.05, 0.1) is 12.1 Å². The van der Waals surface area contributed by atoms with Crippen LogP contribution >= 0.6 is 0 Å². The van der Waals surface area contributed by atoms with E-state index in [4.69, 9.17) is 15.6 Å². The molecule has 0 aromatic heterocycles. The first kappa shape index (κ1) is 24.3. The normalized spacial score (nSPS) is 20.2. The number of rotatable bonds is 8. The largest absolute Gasteiger partial charge is 0.483 e. The van der Waals surface area contributed by atoms with E-state index in [2.05, 4.69) is 10.6 Å². The van der Waals surface area contributed by atoms with E-state index in [0.29, 0.717) is 12.8 Å². The summed E-state index contributed by atoms with van der Waals surface area (Å²) in [5.41, 5.74) is 6.80. The van der Waals surface area contributed by atoms with Gasteiger partial charge in [0.15, 0.2) is 0 Å². The number of amides is 2. The van der Waals surface area contributed by atoms with Crippen LogP contribution in [0.15, 0.2) is 42.5 Å². The first-order valence-corrected chi connectivity index (χ1v) is 9.70. The van der Waals surface area contributed by atoms with E-state index in [1.807, 2.05) is 30.3 Å². The number of carboxylic acid groups (broad SMARTS) is 1. The van der Waals surface area contributed by atoms with Crippen LogP contribution in [-0.4, -0.2) is 52.7 Å². The lowest BCUT2D eigenvalue weighted by atomic mass is 10.0. The summed E-state index contributed by atoms with van der Waals surface area (Å²) in [7, 11) is 0. The van der Waals surface area contributed by atoms with Gasteiger partial charge in [0.2, 0.25) is 11.8 Å². The molecular formula is C21H31N3O5. The van der Waals surface area contributed by atoms with E-state index in [1.54, 1.807) is 13.0 Å². The van der Waals surface area contributed by atoms with Crippen LogP contribution < -0.4 is 16.4 Å². The van der Waals surface area contributed by atoms with Crippen molar-refractivity contribution in [1.82, 2.24) is 10.6 Å². The standard InChI is InChI=1S/C20H29N3O3.CH2O2/c1-14(21)20(26)23-16(8-7-15-5-3-2-4-6-15)10-12-19(25)22-17-9-11-18(24)13-17;2-1-3/h2-6,10,12,14,16-18,24H,7-9,11,13,21H2,1H3,(H,22,25)(H,23,26);1H,(H,2,3)/t14-,16-,17+,18-;/m0./s1. The number of aryl methyl sites for hydroxylation is 1. The predicted octanol–water partition coefficient (Wildman–Crippen LogP) is 0.738. The van der Waals surface area contributed by atoms with Crippen molar-refractivity contribution in [2.75, 3.05) is 0 Å². The monoisotopic (exact) mass is 405 g/mol. The Kier molecular flexibility index (Phi) is 11.3. The van der Waals surface area contributed by atoms with Crippen molar-refractivity contribution in [3.63, 3.8) is 0 Å². The Balaban J connectivity index is 0.00000132. The summed E-state index contributed by atoms with van der Waals surface area (Å²) in [6.07, 6.45) is 6.41. The molecule has 2 amide bonds. The molecule has 0 spiro atoms. The molecule has 0 saturated heterocycles. The van der Waals surface area contributed by atoms with Crippen LogP contribution in [0.2, 0.25) is 0 Å². The Morgan fingerprint density at radius 2 is 1.93 bits per heavy atom. The third kappa shape index (κ3) is 10.4. The molecule has 1 aromatic rings. The third-order valence-electron chi connectivity index (χ3n) is 4.56. The fourth-order valence-corrected chi connectivity index (χ4v) is 3.04. The van der Waals surface area contributed by atoms with Gasteiger partial charge in [0.25, 0.3) is 6.47 Å². The second-order valence-electron chi connectivity index (χ2n) is 7.06. The highest BCUT2D eigenvalue weighted by atomic mass is 16.3. The zero-order valence-corrected chi connectivity index (χ0v) is 16.7. The molecule has 1 aliphatic carbocycles. The van der Waals surface area contributed by atoms with Gasteiger partial charge in [-0.05, 0) is 44.6 Å². The first-order valence-electron chi connectivity index (χ1n) is 9.70. The van der Waals surface area contributed by atoms with Gasteiger partial charge in [-0.25, -0.2) is 0 Å². The summed E-state index contributed by atoms with van der Waals surface area (Å²) in [6, 6.07) is 9.13. The highest BCUT2D eigenvalue weighted by Gasteiger charge is 2.23. The van der Waals surface area contributed by atoms with Gasteiger partial charge in [-0.1, -0.05) is 36.4 Å². The van der Waals surface area contributed by atoms with Crippen molar-refractivity contribution in [3.8, 4) is 0 Å². The van der Waals surface area contributed by atoms with Gasteiger partial charge in [-0.2, -0.15) is 0 Å². The minimum Gasteiger partial charge on any atom is -0.483 e. The third-order valence-corrected chi connectivity index (χ3v) is 4.56. The van der Waals surface area contributed by atoms with Crippen LogP contribution in [0.25, 0.3) is 0 Å². The molecule has 1 saturated carbocycles. The van der Waals surface area contributed by atoms with Gasteiger partial charge in [-0.3, -0.25) is 14.4 Å². The molecule has 0 heterocycles. The Morgan fingerprint density at radius 3 is 2.48 bits per heavy atom. The molecule has 29 heavy (non-hydrogen) atoms. The summed E-state index contributed by atoms with van der Waals surface area (Å²) >= 11 is 0. The van der Waals surface area contributed by atoms with Crippen molar-refractivity contribution in [2.24, 2.45) is 5.73 Å². The minimum absolute atomic E-state index is 0.0172. The maximum Gasteiger partial charge on any atom is 0.290 e. The lowest BCUT2D eigenvalue weighted by Gasteiger charge is -2.17. The lowest BCUT2D eigenvalue weighted by molar-refractivity contribution is -0.123. The number of hydrogen-bond acceptors (Lipinski definition) is 5. The van der Waals surface area contributed by atoms with Crippen LogP contribution in [0.5, 0.6) is 0 Å². The molecule has 8 nitrogen and oxygen atoms in total. The van der Waals surface area contributed by atoms with Crippen molar-refractivity contribution in [2.45, 2.75) is 63.3 Å². The van der Waals surface area contributed by atoms with Gasteiger partial charge in [0, 0.05) is 18.2 Å². The Bertz CT molecular complexity index is 664. The van der Waals surface area contributed by atoms with Gasteiger partial charge in [-0.15, -0.1) is 0 Å². The van der Waals surface area contributed by atoms with E-state index >= 15 is 0 Å². The maximum atomic E-state index is 12.1. The van der Waals surface area contributed by atoms with Crippen LogP contribution in [0.3, 0.4) is 0 Å². The number of hydrogen-bond donors (Lipinski definition) is 5. The molecule has 1 fully saturated rings. The molecule has 6 N–H and O–H groups in total. The summed E-state index contributed by atoms with van der Waals surface area (Å²) in [5, 5.41) is 22.2. The average molecular weight is 405 g/mol. The fourth-order valence-electron chi connectivity index (χ4n) is 3.04. The van der Waals surface area contributed by atoms with Crippen LogP contribution in [0, 0.1) is 0 Å². The zero-order chi connectivity index (χ0) is 21.6. The van der Waals surface area contributed by atoms with E-state index in [9.17, 15) is 14.7 Å². The summed E-state index contributed by atoms with van der Waals surface area (Å²) in [6.45, 7) is 1.38. The van der Waals surface area contributed by atoms with Crippen LogP contribution in [0.4, 0.5) is 0 Å². The molecule has 1 aromatic carbocycles. The highest BCUT2D eigenvalue weighted by Crippen LogP contribution is 2.18. The first-order chi connectivity index (χ1) is 13.8. The molecule has 0 aliphatic heterocycles. The van der Waals surface area contributed by atoms with Crippen molar-refractivity contribution >= 4 is 18.3 Å². The topological polar surface area (TPSA) is 142 Å². The number of carbonyl (C=O) groups excluding carboxylic acids is 2. The number of aliphatic hydroxyl groups excluding tert-OH is 1. The lowest BCUT2D eigenvalue weighted by Crippen LogP contribution is -2.43. The van der Waals surface area contributed by atoms with E-state index in [1.165, 1.54) is 11.6 Å². The summed E-state index contributed by atoms with van der Waals surface area (Å²) in [4.78, 5) is 32.4. The number of nitrogens with two attached hydrogens (primary N) is 1. The molecule has 0 bridgehead atoms. The number of carbonyl (C=O) groups is 3. The number of aliphatic hydroxyl groups is 1. The molecule has 160 valence electrons. The van der Waals surface area contributed by atoms with E-state index in [-0.39, 0.29) is 36.5 Å². The second-order valence-corrected chi connectivity index (χ2v) is 7.06. The van der Waals surface area contributed by atoms with Crippen molar-refractivity contribution < 1.29 is 24.6 Å². The maximum absolute atomic E-state index is 12.1. The predicted molar refractivity (Wildman–Crippen MR) is 110 cm³/mol. The number of benzene rings is 1. The van der Waals surface area contributed by atoms with Gasteiger partial charge < -0.3 is 26.6 Å². The Morgan fingerprint density at radius 1 is 1.28 bits per heavy atom. The molecule has 0 radical (unpaired) electrons.